The summed E-state index contributed by atoms with van der Waals surface area (Å²) in [5.41, 5.74) is 0. The number of unbranched alkanes of at least 4 members (excludes halogenated alkanes) is 24. The minimum atomic E-state index is -0.769. The molecule has 0 fully saturated rings. The smallest absolute Gasteiger partial charge is 0.306 e. The van der Waals surface area contributed by atoms with E-state index < -0.39 is 6.10 Å². The van der Waals surface area contributed by atoms with Gasteiger partial charge in [-0.05, 0) is 51.4 Å². The van der Waals surface area contributed by atoms with Gasteiger partial charge in [-0.1, -0.05) is 198 Å². The zero-order valence-electron chi connectivity index (χ0n) is 35.7. The van der Waals surface area contributed by atoms with Gasteiger partial charge < -0.3 is 14.2 Å². The van der Waals surface area contributed by atoms with Crippen molar-refractivity contribution in [2.45, 2.75) is 239 Å². The number of hydrogen-bond donors (Lipinski definition) is 0. The van der Waals surface area contributed by atoms with Gasteiger partial charge in [-0.15, -0.1) is 0 Å². The summed E-state index contributed by atoms with van der Waals surface area (Å²) in [6, 6.07) is 0. The van der Waals surface area contributed by atoms with E-state index in [1.165, 1.54) is 109 Å². The van der Waals surface area contributed by atoms with Crippen molar-refractivity contribution in [3.63, 3.8) is 0 Å². The average Bonchev–Trinajstić information content (AvgIpc) is 3.17. The van der Waals surface area contributed by atoms with Crippen molar-refractivity contribution >= 4 is 17.9 Å². The van der Waals surface area contributed by atoms with Crippen LogP contribution in [-0.2, 0) is 28.6 Å². The molecule has 6 nitrogen and oxygen atoms in total. The van der Waals surface area contributed by atoms with Crippen LogP contribution in [0.3, 0.4) is 0 Å². The molecule has 1 atom stereocenters. The molecule has 0 aromatic carbocycles. The molecule has 1 unspecified atom stereocenters. The number of carbonyl (C=O) groups excluding carboxylic acids is 3. The van der Waals surface area contributed by atoms with E-state index in [0.717, 1.165) is 83.5 Å². The first kappa shape index (κ1) is 51.6. The van der Waals surface area contributed by atoms with Crippen LogP contribution < -0.4 is 0 Å². The van der Waals surface area contributed by atoms with Crippen LogP contribution in [0.4, 0.5) is 0 Å². The van der Waals surface area contributed by atoms with E-state index in [-0.39, 0.29) is 31.1 Å². The Hall–Kier alpha value is -2.37. The number of rotatable bonds is 41. The van der Waals surface area contributed by atoms with Gasteiger partial charge in [0.25, 0.3) is 0 Å². The Morgan fingerprint density at radius 1 is 0.389 bits per heavy atom. The lowest BCUT2D eigenvalue weighted by Crippen LogP contribution is -2.30. The summed E-state index contributed by atoms with van der Waals surface area (Å²) < 4.78 is 16.7. The van der Waals surface area contributed by atoms with Crippen molar-refractivity contribution in [1.29, 1.82) is 0 Å². The van der Waals surface area contributed by atoms with Gasteiger partial charge in [-0.3, -0.25) is 14.4 Å². The van der Waals surface area contributed by atoms with Gasteiger partial charge in [0.1, 0.15) is 13.2 Å². The second kappa shape index (κ2) is 43.4. The highest BCUT2D eigenvalue weighted by molar-refractivity contribution is 5.71. The lowest BCUT2D eigenvalue weighted by molar-refractivity contribution is -0.167. The van der Waals surface area contributed by atoms with Gasteiger partial charge in [0.05, 0.1) is 0 Å². The summed E-state index contributed by atoms with van der Waals surface area (Å²) in [5, 5.41) is 0. The second-order valence-corrected chi connectivity index (χ2v) is 15.3. The standard InChI is InChI=1S/C48H86O6/c1-4-7-10-13-16-19-21-22-23-24-25-27-29-32-35-38-41-47(50)53-44-45(43-52-46(49)40-37-34-31-28-18-15-12-9-6-3)54-48(51)42-39-36-33-30-26-20-17-14-11-8-5-2/h7,10,16,19,22-23,45H,4-6,8-9,11-15,17-18,20-21,24-44H2,1-3H3/b10-7-,19-16-,23-22-. The summed E-state index contributed by atoms with van der Waals surface area (Å²) in [6.45, 7) is 6.49. The normalized spacial score (nSPS) is 12.3. The maximum absolute atomic E-state index is 12.7. The van der Waals surface area contributed by atoms with Crippen molar-refractivity contribution in [3.8, 4) is 0 Å². The largest absolute Gasteiger partial charge is 0.462 e. The van der Waals surface area contributed by atoms with Gasteiger partial charge in [0, 0.05) is 19.3 Å². The minimum Gasteiger partial charge on any atom is -0.462 e. The topological polar surface area (TPSA) is 78.9 Å². The number of carbonyl (C=O) groups is 3. The van der Waals surface area contributed by atoms with E-state index in [9.17, 15) is 14.4 Å². The average molecular weight is 759 g/mol. The molecule has 0 saturated heterocycles. The summed E-state index contributed by atoms with van der Waals surface area (Å²) >= 11 is 0. The molecule has 0 bridgehead atoms. The molecule has 0 aliphatic carbocycles. The summed E-state index contributed by atoms with van der Waals surface area (Å²) in [7, 11) is 0. The van der Waals surface area contributed by atoms with Crippen LogP contribution in [0.5, 0.6) is 0 Å². The van der Waals surface area contributed by atoms with E-state index in [1.54, 1.807) is 0 Å². The Kier molecular flexibility index (Phi) is 41.5. The Bertz CT molecular complexity index is 922. The predicted octanol–water partition coefficient (Wildman–Crippen LogP) is 14.6. The third kappa shape index (κ3) is 40.8. The van der Waals surface area contributed by atoms with Crippen molar-refractivity contribution < 1.29 is 28.6 Å². The Morgan fingerprint density at radius 3 is 1.13 bits per heavy atom. The molecule has 0 rings (SSSR count). The molecule has 54 heavy (non-hydrogen) atoms. The Labute approximate surface area is 334 Å². The molecule has 0 aliphatic heterocycles. The molecule has 0 spiro atoms. The van der Waals surface area contributed by atoms with Crippen LogP contribution in [-0.4, -0.2) is 37.2 Å². The first-order chi connectivity index (χ1) is 26.5. The molecule has 314 valence electrons. The monoisotopic (exact) mass is 759 g/mol. The highest BCUT2D eigenvalue weighted by Crippen LogP contribution is 2.15. The number of allylic oxidation sites excluding steroid dienone is 6. The van der Waals surface area contributed by atoms with Gasteiger partial charge in [-0.2, -0.15) is 0 Å². The molecule has 0 heterocycles. The molecular weight excluding hydrogens is 673 g/mol. The zero-order valence-corrected chi connectivity index (χ0v) is 35.7. The van der Waals surface area contributed by atoms with Gasteiger partial charge in [0.15, 0.2) is 6.10 Å². The molecular formula is C48H86O6. The van der Waals surface area contributed by atoms with Gasteiger partial charge in [0.2, 0.25) is 0 Å². The number of ether oxygens (including phenoxy) is 3. The predicted molar refractivity (Wildman–Crippen MR) is 229 cm³/mol. The maximum Gasteiger partial charge on any atom is 0.306 e. The molecule has 0 aliphatic rings. The van der Waals surface area contributed by atoms with Crippen LogP contribution in [0.15, 0.2) is 36.5 Å². The lowest BCUT2D eigenvalue weighted by atomic mass is 10.1. The second-order valence-electron chi connectivity index (χ2n) is 15.3. The van der Waals surface area contributed by atoms with Crippen LogP contribution in [0, 0.1) is 0 Å². The molecule has 0 amide bonds. The third-order valence-electron chi connectivity index (χ3n) is 9.91. The molecule has 0 radical (unpaired) electrons. The molecule has 6 heteroatoms. The summed E-state index contributed by atoms with van der Waals surface area (Å²) in [6.07, 6.45) is 48.4. The SMILES string of the molecule is CC/C=C\C/C=C\C/C=C\CCCCCCCCC(=O)OCC(COC(=O)CCCCCCCCCCC)OC(=O)CCCCCCCCCCCCC. The van der Waals surface area contributed by atoms with E-state index in [0.29, 0.717) is 19.3 Å². The molecule has 0 N–H and O–H groups in total. The fraction of sp³-hybridized carbons (Fsp3) is 0.812. The fourth-order valence-corrected chi connectivity index (χ4v) is 6.46. The fourth-order valence-electron chi connectivity index (χ4n) is 6.46. The minimum absolute atomic E-state index is 0.0733. The quantitative estimate of drug-likeness (QED) is 0.0267. The Balaban J connectivity index is 4.33. The molecule has 0 saturated carbocycles. The number of esters is 3. The first-order valence-corrected chi connectivity index (χ1v) is 23.0. The van der Waals surface area contributed by atoms with E-state index in [1.807, 2.05) is 0 Å². The molecule has 0 aromatic rings. The van der Waals surface area contributed by atoms with Crippen LogP contribution >= 0.6 is 0 Å². The first-order valence-electron chi connectivity index (χ1n) is 23.0. The zero-order chi connectivity index (χ0) is 39.4. The van der Waals surface area contributed by atoms with Crippen LogP contribution in [0.2, 0.25) is 0 Å². The summed E-state index contributed by atoms with van der Waals surface area (Å²) in [4.78, 5) is 37.7. The lowest BCUT2D eigenvalue weighted by Gasteiger charge is -2.18. The van der Waals surface area contributed by atoms with Crippen molar-refractivity contribution in [2.24, 2.45) is 0 Å². The highest BCUT2D eigenvalue weighted by Gasteiger charge is 2.19. The van der Waals surface area contributed by atoms with E-state index in [2.05, 4.69) is 57.2 Å². The van der Waals surface area contributed by atoms with Gasteiger partial charge in [-0.25, -0.2) is 0 Å². The van der Waals surface area contributed by atoms with Gasteiger partial charge >= 0.3 is 17.9 Å². The highest BCUT2D eigenvalue weighted by atomic mass is 16.6. The van der Waals surface area contributed by atoms with Crippen molar-refractivity contribution in [2.75, 3.05) is 13.2 Å². The number of hydrogen-bond acceptors (Lipinski definition) is 6. The van der Waals surface area contributed by atoms with Crippen molar-refractivity contribution in [3.05, 3.63) is 36.5 Å². The Morgan fingerprint density at radius 2 is 0.722 bits per heavy atom. The van der Waals surface area contributed by atoms with Crippen LogP contribution in [0.1, 0.15) is 233 Å². The summed E-state index contributed by atoms with van der Waals surface area (Å²) in [5.74, 6) is -0.886. The van der Waals surface area contributed by atoms with E-state index >= 15 is 0 Å². The van der Waals surface area contributed by atoms with E-state index in [4.69, 9.17) is 14.2 Å². The molecule has 0 aromatic heterocycles. The van der Waals surface area contributed by atoms with Crippen LogP contribution in [0.25, 0.3) is 0 Å². The third-order valence-corrected chi connectivity index (χ3v) is 9.91. The van der Waals surface area contributed by atoms with Crippen molar-refractivity contribution in [1.82, 2.24) is 0 Å². The maximum atomic E-state index is 12.7.